The smallest absolute Gasteiger partial charge is 0.261 e. The van der Waals surface area contributed by atoms with E-state index in [0.29, 0.717) is 46.2 Å². The van der Waals surface area contributed by atoms with Gasteiger partial charge in [-0.2, -0.15) is 0 Å². The molecule has 1 aliphatic heterocycles. The molecule has 0 spiro atoms. The van der Waals surface area contributed by atoms with E-state index in [-0.39, 0.29) is 17.9 Å². The highest BCUT2D eigenvalue weighted by Crippen LogP contribution is 2.30. The molecule has 0 saturated carbocycles. The molecule has 1 aromatic heterocycles. The van der Waals surface area contributed by atoms with Gasteiger partial charge in [-0.25, -0.2) is 4.98 Å². The third kappa shape index (κ3) is 3.15. The Bertz CT molecular complexity index is 1060. The number of carbonyl (C=O) groups excluding carboxylic acids is 1. The zero-order chi connectivity index (χ0) is 18.1. The van der Waals surface area contributed by atoms with E-state index in [9.17, 15) is 9.59 Å². The Balaban J connectivity index is 1.64. The second kappa shape index (κ2) is 6.80. The van der Waals surface area contributed by atoms with Crippen LogP contribution in [0.1, 0.15) is 16.8 Å². The summed E-state index contributed by atoms with van der Waals surface area (Å²) in [7, 11) is 0. The first kappa shape index (κ1) is 16.6. The molecule has 0 atom stereocenters. The highest BCUT2D eigenvalue weighted by Gasteiger charge is 2.15. The molecule has 0 unspecified atom stereocenters. The van der Waals surface area contributed by atoms with E-state index >= 15 is 0 Å². The number of ketones is 1. The van der Waals surface area contributed by atoms with Crippen LogP contribution in [0.3, 0.4) is 0 Å². The minimum absolute atomic E-state index is 0.117. The van der Waals surface area contributed by atoms with Crippen molar-refractivity contribution in [1.29, 1.82) is 0 Å². The molecule has 0 saturated heterocycles. The summed E-state index contributed by atoms with van der Waals surface area (Å²) in [6.07, 6.45) is 2.16. The number of benzene rings is 2. The normalized spacial score (nSPS) is 13.4. The standard InChI is InChI=1S/C19H15ClN2O4/c20-13-3-4-15-14(9-13)19(24)22(11-21-15)10-16(23)12-2-5-17-18(8-12)26-7-1-6-25-17/h2-5,8-9,11H,1,6-7,10H2. The monoisotopic (exact) mass is 370 g/mol. The predicted octanol–water partition coefficient (Wildman–Crippen LogP) is 3.09. The van der Waals surface area contributed by atoms with Crippen molar-refractivity contribution in [3.05, 3.63) is 63.7 Å². The second-order valence-corrected chi connectivity index (χ2v) is 6.41. The molecule has 4 rings (SSSR count). The number of aromatic nitrogens is 2. The molecule has 0 radical (unpaired) electrons. The molecule has 0 fully saturated rings. The van der Waals surface area contributed by atoms with Crippen LogP contribution in [-0.4, -0.2) is 28.5 Å². The lowest BCUT2D eigenvalue weighted by Gasteiger charge is -2.10. The van der Waals surface area contributed by atoms with Crippen molar-refractivity contribution in [3.63, 3.8) is 0 Å². The fourth-order valence-corrected chi connectivity index (χ4v) is 3.00. The topological polar surface area (TPSA) is 70.4 Å². The molecule has 3 aromatic rings. The van der Waals surface area contributed by atoms with Gasteiger partial charge in [0.15, 0.2) is 17.3 Å². The van der Waals surface area contributed by atoms with E-state index < -0.39 is 0 Å². The molecule has 0 N–H and O–H groups in total. The van der Waals surface area contributed by atoms with Crippen LogP contribution >= 0.6 is 11.6 Å². The third-order valence-electron chi connectivity index (χ3n) is 4.17. The van der Waals surface area contributed by atoms with Gasteiger partial charge in [-0.3, -0.25) is 14.2 Å². The van der Waals surface area contributed by atoms with Gasteiger partial charge in [0.2, 0.25) is 0 Å². The van der Waals surface area contributed by atoms with E-state index in [2.05, 4.69) is 4.98 Å². The van der Waals surface area contributed by atoms with Gasteiger partial charge in [0.1, 0.15) is 0 Å². The molecular weight excluding hydrogens is 356 g/mol. The first-order chi connectivity index (χ1) is 12.6. The fraction of sp³-hybridized carbons (Fsp3) is 0.211. The van der Waals surface area contributed by atoms with Gasteiger partial charge < -0.3 is 9.47 Å². The van der Waals surface area contributed by atoms with Crippen molar-refractivity contribution in [3.8, 4) is 11.5 Å². The van der Waals surface area contributed by atoms with Crippen LogP contribution in [0.25, 0.3) is 10.9 Å². The Morgan fingerprint density at radius 1 is 1.12 bits per heavy atom. The van der Waals surface area contributed by atoms with Crippen molar-refractivity contribution in [2.24, 2.45) is 0 Å². The summed E-state index contributed by atoms with van der Waals surface area (Å²) in [6, 6.07) is 9.94. The molecule has 1 aliphatic rings. The Morgan fingerprint density at radius 3 is 2.77 bits per heavy atom. The Labute approximate surface area is 153 Å². The largest absolute Gasteiger partial charge is 0.490 e. The van der Waals surface area contributed by atoms with Crippen molar-refractivity contribution >= 4 is 28.3 Å². The lowest BCUT2D eigenvalue weighted by Crippen LogP contribution is -2.24. The van der Waals surface area contributed by atoms with Gasteiger partial charge in [-0.1, -0.05) is 11.6 Å². The van der Waals surface area contributed by atoms with Crippen LogP contribution in [0.4, 0.5) is 0 Å². The van der Waals surface area contributed by atoms with Crippen molar-refractivity contribution < 1.29 is 14.3 Å². The van der Waals surface area contributed by atoms with Crippen LogP contribution in [0, 0.1) is 0 Å². The summed E-state index contributed by atoms with van der Waals surface area (Å²) in [5.74, 6) is 0.952. The summed E-state index contributed by atoms with van der Waals surface area (Å²) in [6.45, 7) is 1.01. The maximum absolute atomic E-state index is 12.6. The van der Waals surface area contributed by atoms with Crippen LogP contribution in [0.5, 0.6) is 11.5 Å². The molecule has 2 aromatic carbocycles. The van der Waals surface area contributed by atoms with Crippen LogP contribution in [-0.2, 0) is 6.54 Å². The number of carbonyl (C=O) groups is 1. The number of hydrogen-bond donors (Lipinski definition) is 0. The van der Waals surface area contributed by atoms with Crippen LogP contribution < -0.4 is 15.0 Å². The number of hydrogen-bond acceptors (Lipinski definition) is 5. The minimum atomic E-state index is -0.305. The Kier molecular flexibility index (Phi) is 4.34. The van der Waals surface area contributed by atoms with Crippen molar-refractivity contribution in [2.45, 2.75) is 13.0 Å². The molecule has 132 valence electrons. The van der Waals surface area contributed by atoms with Crippen LogP contribution in [0.2, 0.25) is 5.02 Å². The second-order valence-electron chi connectivity index (χ2n) is 5.97. The van der Waals surface area contributed by atoms with Gasteiger partial charge >= 0.3 is 0 Å². The lowest BCUT2D eigenvalue weighted by atomic mass is 10.1. The average Bonchev–Trinajstić information content (AvgIpc) is 2.89. The summed E-state index contributed by atoms with van der Waals surface area (Å²) < 4.78 is 12.5. The molecule has 0 aliphatic carbocycles. The fourth-order valence-electron chi connectivity index (χ4n) is 2.83. The van der Waals surface area contributed by atoms with Crippen molar-refractivity contribution in [1.82, 2.24) is 9.55 Å². The number of fused-ring (bicyclic) bond motifs is 2. The molecule has 2 heterocycles. The number of Topliss-reactive ketones (excluding diaryl/α,β-unsaturated/α-hetero) is 1. The van der Waals surface area contributed by atoms with E-state index in [1.807, 2.05) is 0 Å². The first-order valence-corrected chi connectivity index (χ1v) is 8.57. The number of halogens is 1. The zero-order valence-corrected chi connectivity index (χ0v) is 14.5. The molecule has 0 bridgehead atoms. The predicted molar refractivity (Wildman–Crippen MR) is 97.4 cm³/mol. The minimum Gasteiger partial charge on any atom is -0.490 e. The third-order valence-corrected chi connectivity index (χ3v) is 4.40. The zero-order valence-electron chi connectivity index (χ0n) is 13.8. The van der Waals surface area contributed by atoms with E-state index in [1.165, 1.54) is 10.9 Å². The number of rotatable bonds is 3. The summed E-state index contributed by atoms with van der Waals surface area (Å²) in [5.41, 5.74) is 0.686. The highest BCUT2D eigenvalue weighted by atomic mass is 35.5. The molecular formula is C19H15ClN2O4. The highest BCUT2D eigenvalue weighted by molar-refractivity contribution is 6.31. The number of ether oxygens (including phenoxy) is 2. The quantitative estimate of drug-likeness (QED) is 0.662. The summed E-state index contributed by atoms with van der Waals surface area (Å²) in [4.78, 5) is 29.4. The molecule has 6 nitrogen and oxygen atoms in total. The van der Waals surface area contributed by atoms with Gasteiger partial charge in [0.25, 0.3) is 5.56 Å². The summed E-state index contributed by atoms with van der Waals surface area (Å²) in [5, 5.41) is 0.829. The Morgan fingerprint density at radius 2 is 1.92 bits per heavy atom. The SMILES string of the molecule is O=C(Cn1cnc2ccc(Cl)cc2c1=O)c1ccc2c(c1)OCCCO2. The van der Waals surface area contributed by atoms with Gasteiger partial charge in [0.05, 0.1) is 37.0 Å². The van der Waals surface area contributed by atoms with E-state index in [0.717, 1.165) is 6.42 Å². The van der Waals surface area contributed by atoms with Gasteiger partial charge in [0, 0.05) is 17.0 Å². The molecule has 26 heavy (non-hydrogen) atoms. The van der Waals surface area contributed by atoms with Crippen LogP contribution in [0.15, 0.2) is 47.5 Å². The van der Waals surface area contributed by atoms with E-state index in [1.54, 1.807) is 36.4 Å². The van der Waals surface area contributed by atoms with E-state index in [4.69, 9.17) is 21.1 Å². The Hall–Kier alpha value is -2.86. The number of nitrogens with zero attached hydrogens (tertiary/aromatic N) is 2. The maximum Gasteiger partial charge on any atom is 0.261 e. The maximum atomic E-state index is 12.6. The molecule has 7 heteroatoms. The van der Waals surface area contributed by atoms with Crippen molar-refractivity contribution in [2.75, 3.05) is 13.2 Å². The average molecular weight is 371 g/mol. The van der Waals surface area contributed by atoms with Gasteiger partial charge in [-0.15, -0.1) is 0 Å². The summed E-state index contributed by atoms with van der Waals surface area (Å²) >= 11 is 5.96. The first-order valence-electron chi connectivity index (χ1n) is 8.19. The molecule has 0 amide bonds. The lowest BCUT2D eigenvalue weighted by molar-refractivity contribution is 0.0970. The van der Waals surface area contributed by atoms with Gasteiger partial charge in [-0.05, 0) is 36.4 Å².